The highest BCUT2D eigenvalue weighted by Crippen LogP contribution is 2.42. The lowest BCUT2D eigenvalue weighted by Gasteiger charge is -2.24. The van der Waals surface area contributed by atoms with Crippen LogP contribution in [0.2, 0.25) is 0 Å². The van der Waals surface area contributed by atoms with Gasteiger partial charge < -0.3 is 41.9 Å². The average molecular weight is 666 g/mol. The van der Waals surface area contributed by atoms with Crippen LogP contribution in [0, 0.1) is 0 Å². The molecule has 0 fully saturated rings. The third-order valence-corrected chi connectivity index (χ3v) is 8.72. The van der Waals surface area contributed by atoms with Gasteiger partial charge in [0.05, 0.1) is 12.6 Å². The molecule has 0 aliphatic carbocycles. The summed E-state index contributed by atoms with van der Waals surface area (Å²) in [6.45, 7) is 1.34. The van der Waals surface area contributed by atoms with E-state index in [4.69, 9.17) is 5.73 Å². The van der Waals surface area contributed by atoms with E-state index in [0.717, 1.165) is 5.56 Å². The Hall–Kier alpha value is -3.42. The normalized spacial score (nSPS) is 14.0. The molecule has 0 spiro atoms. The summed E-state index contributed by atoms with van der Waals surface area (Å²) in [6, 6.07) is 11.9. The van der Waals surface area contributed by atoms with Gasteiger partial charge in [-0.05, 0) is 54.5 Å². The Balaban J connectivity index is 2.06. The van der Waals surface area contributed by atoms with Gasteiger partial charge in [-0.25, -0.2) is 0 Å². The molecule has 0 saturated heterocycles. The maximum Gasteiger partial charge on any atom is 0.347 e. The quantitative estimate of drug-likeness (QED) is 0.100. The third-order valence-electron chi connectivity index (χ3n) is 6.88. The molecule has 2 aromatic carbocycles. The highest BCUT2D eigenvalue weighted by molar-refractivity contribution is 7.98. The Morgan fingerprint density at radius 3 is 2.09 bits per heavy atom. The number of rotatable bonds is 19. The van der Waals surface area contributed by atoms with Crippen molar-refractivity contribution in [3.8, 4) is 5.75 Å². The monoisotopic (exact) mass is 665 g/mol. The lowest BCUT2D eigenvalue weighted by atomic mass is 10.0. The first kappa shape index (κ1) is 37.8. The van der Waals surface area contributed by atoms with E-state index in [1.54, 1.807) is 42.5 Å². The minimum atomic E-state index is -4.66. The summed E-state index contributed by atoms with van der Waals surface area (Å²) in [7, 11) is -4.66. The Labute approximate surface area is 267 Å². The smallest absolute Gasteiger partial charge is 0.347 e. The minimum Gasteiger partial charge on any atom is -0.508 e. The molecule has 4 atom stereocenters. The minimum absolute atomic E-state index is 0.0410. The molecular weight excluding hydrogens is 621 g/mol. The summed E-state index contributed by atoms with van der Waals surface area (Å²) in [5.74, 6) is -3.43. The van der Waals surface area contributed by atoms with E-state index in [1.807, 2.05) is 13.2 Å². The Kier molecular flexibility index (Phi) is 16.1. The van der Waals surface area contributed by atoms with Crippen LogP contribution < -0.4 is 27.0 Å². The largest absolute Gasteiger partial charge is 0.508 e. The molecule has 15 heteroatoms. The molecule has 1 unspecified atom stereocenters. The van der Waals surface area contributed by atoms with E-state index >= 15 is 0 Å². The van der Waals surface area contributed by atoms with Crippen LogP contribution in [-0.2, 0) is 36.6 Å². The van der Waals surface area contributed by atoms with Gasteiger partial charge in [-0.3, -0.25) is 23.7 Å². The second-order valence-corrected chi connectivity index (χ2v) is 13.4. The summed E-state index contributed by atoms with van der Waals surface area (Å²) in [5.41, 5.74) is 7.49. The summed E-state index contributed by atoms with van der Waals surface area (Å²) in [4.78, 5) is 71.4. The molecule has 4 amide bonds. The number of benzene rings is 2. The first-order chi connectivity index (χ1) is 21.3. The van der Waals surface area contributed by atoms with Gasteiger partial charge in [-0.2, -0.15) is 11.8 Å². The van der Waals surface area contributed by atoms with Gasteiger partial charge in [-0.15, -0.1) is 0 Å². The molecule has 2 rings (SSSR count). The predicted molar refractivity (Wildman–Crippen MR) is 173 cm³/mol. The molecule has 0 bridgehead atoms. The van der Waals surface area contributed by atoms with Crippen LogP contribution >= 0.6 is 19.4 Å². The van der Waals surface area contributed by atoms with Crippen molar-refractivity contribution in [1.29, 1.82) is 0 Å². The molecule has 0 saturated carbocycles. The summed E-state index contributed by atoms with van der Waals surface area (Å²) in [6.07, 6.45) is 3.55. The number of aromatic hydroxyl groups is 1. The topological polar surface area (TPSA) is 220 Å². The molecule has 0 aliphatic heterocycles. The SMILES string of the molecule is CCCCC(NC(=O)[C@H](Cc1ccccc1)NC(=O)CNC(=O)[C@@H](CCSC)NC(=O)[C@@H](N)Cc1ccc(O)cc1)P(=O)(O)O. The van der Waals surface area contributed by atoms with Crippen molar-refractivity contribution in [2.24, 2.45) is 5.73 Å². The maximum atomic E-state index is 13.2. The molecule has 0 heterocycles. The zero-order valence-electron chi connectivity index (χ0n) is 25.5. The first-order valence-corrected chi connectivity index (χ1v) is 17.7. The van der Waals surface area contributed by atoms with Gasteiger partial charge in [0.2, 0.25) is 23.6 Å². The number of nitrogens with two attached hydrogens (primary N) is 1. The number of amides is 4. The van der Waals surface area contributed by atoms with Gasteiger partial charge >= 0.3 is 7.60 Å². The number of phenols is 1. The summed E-state index contributed by atoms with van der Waals surface area (Å²) < 4.78 is 12.0. The van der Waals surface area contributed by atoms with Crippen molar-refractivity contribution in [1.82, 2.24) is 21.3 Å². The number of hydrogen-bond acceptors (Lipinski definition) is 8. The molecule has 0 radical (unpaired) electrons. The van der Waals surface area contributed by atoms with Crippen LogP contribution in [0.4, 0.5) is 0 Å². The number of carbonyl (C=O) groups is 4. The van der Waals surface area contributed by atoms with Gasteiger partial charge in [-0.1, -0.05) is 62.2 Å². The van der Waals surface area contributed by atoms with E-state index in [-0.39, 0.29) is 31.4 Å². The maximum absolute atomic E-state index is 13.2. The lowest BCUT2D eigenvalue weighted by Crippen LogP contribution is -2.55. The van der Waals surface area contributed by atoms with Crippen molar-refractivity contribution >= 4 is 43.0 Å². The van der Waals surface area contributed by atoms with Crippen LogP contribution in [0.3, 0.4) is 0 Å². The van der Waals surface area contributed by atoms with E-state index in [2.05, 4.69) is 21.3 Å². The van der Waals surface area contributed by atoms with Crippen molar-refractivity contribution in [3.05, 3.63) is 65.7 Å². The zero-order valence-corrected chi connectivity index (χ0v) is 27.2. The highest BCUT2D eigenvalue weighted by Gasteiger charge is 2.33. The van der Waals surface area contributed by atoms with Crippen LogP contribution in [0.1, 0.15) is 43.7 Å². The van der Waals surface area contributed by atoms with Crippen molar-refractivity contribution in [2.45, 2.75) is 69.4 Å². The second-order valence-electron chi connectivity index (χ2n) is 10.6. The number of carbonyl (C=O) groups excluding carboxylic acids is 4. The molecule has 0 aliphatic rings. The van der Waals surface area contributed by atoms with Crippen LogP contribution in [-0.4, -0.2) is 81.0 Å². The van der Waals surface area contributed by atoms with Gasteiger partial charge in [0.15, 0.2) is 0 Å². The Bertz CT molecular complexity index is 1300. The zero-order chi connectivity index (χ0) is 33.4. The van der Waals surface area contributed by atoms with E-state index in [0.29, 0.717) is 24.2 Å². The van der Waals surface area contributed by atoms with Crippen molar-refractivity contribution in [2.75, 3.05) is 18.6 Å². The van der Waals surface area contributed by atoms with Gasteiger partial charge in [0.25, 0.3) is 0 Å². The van der Waals surface area contributed by atoms with Gasteiger partial charge in [0, 0.05) is 6.42 Å². The van der Waals surface area contributed by atoms with Gasteiger partial charge in [0.1, 0.15) is 23.6 Å². The Morgan fingerprint density at radius 1 is 0.844 bits per heavy atom. The van der Waals surface area contributed by atoms with E-state index in [9.17, 15) is 38.6 Å². The molecule has 13 nitrogen and oxygen atoms in total. The molecule has 45 heavy (non-hydrogen) atoms. The number of hydrogen-bond donors (Lipinski definition) is 8. The first-order valence-electron chi connectivity index (χ1n) is 14.6. The van der Waals surface area contributed by atoms with Crippen LogP contribution in [0.15, 0.2) is 54.6 Å². The highest BCUT2D eigenvalue weighted by atomic mass is 32.2. The number of thioether (sulfide) groups is 1. The molecule has 2 aromatic rings. The molecule has 9 N–H and O–H groups in total. The molecular formula is C30H44N5O8PS. The third kappa shape index (κ3) is 14.0. The summed E-state index contributed by atoms with van der Waals surface area (Å²) in [5, 5.41) is 19.5. The van der Waals surface area contributed by atoms with Crippen LogP contribution in [0.5, 0.6) is 5.75 Å². The van der Waals surface area contributed by atoms with Crippen LogP contribution in [0.25, 0.3) is 0 Å². The van der Waals surface area contributed by atoms with Crippen molar-refractivity contribution in [3.63, 3.8) is 0 Å². The van der Waals surface area contributed by atoms with E-state index < -0.39 is 61.7 Å². The molecule has 0 aromatic heterocycles. The summed E-state index contributed by atoms with van der Waals surface area (Å²) >= 11 is 1.47. The number of unbranched alkanes of at least 4 members (excludes halogenated alkanes) is 1. The average Bonchev–Trinajstić information content (AvgIpc) is 3.00. The number of nitrogens with one attached hydrogen (secondary N) is 4. The fourth-order valence-corrected chi connectivity index (χ4v) is 5.63. The second kappa shape index (κ2) is 19.2. The van der Waals surface area contributed by atoms with Crippen molar-refractivity contribution < 1.29 is 38.6 Å². The molecule has 248 valence electrons. The fraction of sp³-hybridized carbons (Fsp3) is 0.467. The number of phenolic OH excluding ortho intramolecular Hbond substituents is 1. The lowest BCUT2D eigenvalue weighted by molar-refractivity contribution is -0.132. The standard InChI is InChI=1S/C30H44N5O8PS/c1-3-4-10-27(44(41,42)43)35-30(40)25(18-20-8-6-5-7-9-20)33-26(37)19-32-29(39)24(15-16-45-2)34-28(38)23(31)17-21-11-13-22(36)14-12-21/h5-9,11-14,23-25,27,36H,3-4,10,15-19,31H2,1-2H3,(H,32,39)(H,33,37)(H,34,38)(H,35,40)(H2,41,42,43)/t23-,24+,25-,27?/m0/s1. The fourth-order valence-electron chi connectivity index (χ4n) is 4.34. The predicted octanol–water partition coefficient (Wildman–Crippen LogP) is 1.15. The van der Waals surface area contributed by atoms with E-state index in [1.165, 1.54) is 23.9 Å². The Morgan fingerprint density at radius 2 is 1.49 bits per heavy atom.